The molecule has 0 saturated carbocycles. The van der Waals surface area contributed by atoms with E-state index in [2.05, 4.69) is 22.3 Å². The van der Waals surface area contributed by atoms with Gasteiger partial charge in [-0.25, -0.2) is 9.48 Å². The highest BCUT2D eigenvalue weighted by molar-refractivity contribution is 5.92. The van der Waals surface area contributed by atoms with Gasteiger partial charge < -0.3 is 10.1 Å². The molecule has 1 aromatic carbocycles. The summed E-state index contributed by atoms with van der Waals surface area (Å²) in [7, 11) is 0. The number of aromatic nitrogens is 3. The number of unbranched alkanes of at least 4 members (excludes halogenated alkanes) is 4. The van der Waals surface area contributed by atoms with E-state index in [0.717, 1.165) is 24.1 Å². The average molecular weight is 368 g/mol. The molecule has 6 heteroatoms. The molecule has 1 N–H and O–H groups in total. The van der Waals surface area contributed by atoms with E-state index in [9.17, 15) is 4.79 Å². The first-order chi connectivity index (χ1) is 13.1. The maximum Gasteiger partial charge on any atom is 0.338 e. The van der Waals surface area contributed by atoms with Crippen molar-refractivity contribution in [1.82, 2.24) is 14.8 Å². The summed E-state index contributed by atoms with van der Waals surface area (Å²) in [4.78, 5) is 17.2. The van der Waals surface area contributed by atoms with Crippen molar-refractivity contribution >= 4 is 11.9 Å². The normalized spacial score (nSPS) is 16.0. The number of esters is 1. The Hall–Kier alpha value is -2.63. The Morgan fingerprint density at radius 3 is 2.63 bits per heavy atom. The van der Waals surface area contributed by atoms with E-state index in [1.807, 2.05) is 38.1 Å². The van der Waals surface area contributed by atoms with Crippen LogP contribution < -0.4 is 5.32 Å². The van der Waals surface area contributed by atoms with Crippen molar-refractivity contribution in [3.8, 4) is 0 Å². The van der Waals surface area contributed by atoms with E-state index in [1.165, 1.54) is 31.2 Å². The SMILES string of the molecule is CCCCCCCOC(=O)C1=C(C)Nc2ncnn2C1c1ccc(C)cc1. The number of aryl methyl sites for hydroxylation is 1. The van der Waals surface area contributed by atoms with Crippen LogP contribution in [0.5, 0.6) is 0 Å². The molecule has 1 aliphatic heterocycles. The van der Waals surface area contributed by atoms with Crippen LogP contribution in [-0.2, 0) is 9.53 Å². The number of benzene rings is 1. The first-order valence-corrected chi connectivity index (χ1v) is 9.72. The van der Waals surface area contributed by atoms with Gasteiger partial charge in [0.15, 0.2) is 0 Å². The maximum absolute atomic E-state index is 12.9. The molecule has 0 bridgehead atoms. The lowest BCUT2D eigenvalue weighted by Gasteiger charge is -2.28. The maximum atomic E-state index is 12.9. The van der Waals surface area contributed by atoms with Gasteiger partial charge >= 0.3 is 5.97 Å². The van der Waals surface area contributed by atoms with Gasteiger partial charge in [-0.3, -0.25) is 0 Å². The Labute approximate surface area is 160 Å². The Bertz CT molecular complexity index is 808. The third kappa shape index (κ3) is 4.38. The van der Waals surface area contributed by atoms with Gasteiger partial charge in [0.05, 0.1) is 12.2 Å². The van der Waals surface area contributed by atoms with Crippen molar-refractivity contribution in [2.75, 3.05) is 11.9 Å². The molecule has 1 atom stereocenters. The van der Waals surface area contributed by atoms with Crippen LogP contribution in [0.4, 0.5) is 5.95 Å². The Morgan fingerprint density at radius 1 is 1.15 bits per heavy atom. The monoisotopic (exact) mass is 368 g/mol. The first-order valence-electron chi connectivity index (χ1n) is 9.72. The van der Waals surface area contributed by atoms with E-state index in [4.69, 9.17) is 4.74 Å². The number of fused-ring (bicyclic) bond motifs is 1. The minimum Gasteiger partial charge on any atom is -0.462 e. The van der Waals surface area contributed by atoms with Crippen LogP contribution in [0.25, 0.3) is 0 Å². The molecule has 6 nitrogen and oxygen atoms in total. The average Bonchev–Trinajstić information content (AvgIpc) is 3.12. The van der Waals surface area contributed by atoms with Gasteiger partial charge in [0, 0.05) is 5.70 Å². The largest absolute Gasteiger partial charge is 0.462 e. The molecule has 1 aromatic heterocycles. The molecule has 0 fully saturated rings. The number of rotatable bonds is 8. The number of carbonyl (C=O) groups excluding carboxylic acids is 1. The number of nitrogens with one attached hydrogen (secondary N) is 1. The summed E-state index contributed by atoms with van der Waals surface area (Å²) in [6.07, 6.45) is 7.11. The molecule has 0 radical (unpaired) electrons. The van der Waals surface area contributed by atoms with E-state index < -0.39 is 0 Å². The number of ether oxygens (including phenoxy) is 1. The predicted molar refractivity (Wildman–Crippen MR) is 105 cm³/mol. The van der Waals surface area contributed by atoms with Gasteiger partial charge in [-0.2, -0.15) is 10.1 Å². The van der Waals surface area contributed by atoms with Gasteiger partial charge in [-0.1, -0.05) is 62.4 Å². The van der Waals surface area contributed by atoms with E-state index in [1.54, 1.807) is 4.68 Å². The van der Waals surface area contributed by atoms with Crippen molar-refractivity contribution in [2.24, 2.45) is 0 Å². The molecule has 0 amide bonds. The fraction of sp³-hybridized carbons (Fsp3) is 0.476. The van der Waals surface area contributed by atoms with Crippen molar-refractivity contribution in [3.63, 3.8) is 0 Å². The summed E-state index contributed by atoms with van der Waals surface area (Å²) in [6, 6.07) is 7.81. The summed E-state index contributed by atoms with van der Waals surface area (Å²) in [5.41, 5.74) is 3.51. The molecule has 3 rings (SSSR count). The molecule has 27 heavy (non-hydrogen) atoms. The van der Waals surface area contributed by atoms with E-state index >= 15 is 0 Å². The zero-order valence-electron chi connectivity index (χ0n) is 16.4. The first kappa shape index (κ1) is 19.1. The van der Waals surface area contributed by atoms with E-state index in [0.29, 0.717) is 18.1 Å². The van der Waals surface area contributed by atoms with Crippen LogP contribution in [0.2, 0.25) is 0 Å². The topological polar surface area (TPSA) is 69.0 Å². The van der Waals surface area contributed by atoms with Gasteiger partial charge in [-0.15, -0.1) is 0 Å². The number of hydrogen-bond donors (Lipinski definition) is 1. The third-order valence-electron chi connectivity index (χ3n) is 4.89. The highest BCUT2D eigenvalue weighted by Gasteiger charge is 2.34. The molecular weight excluding hydrogens is 340 g/mol. The van der Waals surface area contributed by atoms with Crippen LogP contribution in [0.1, 0.15) is 63.1 Å². The van der Waals surface area contributed by atoms with Crippen LogP contribution >= 0.6 is 0 Å². The molecule has 1 unspecified atom stereocenters. The molecule has 2 aromatic rings. The van der Waals surface area contributed by atoms with Crippen LogP contribution in [-0.4, -0.2) is 27.3 Å². The second-order valence-corrected chi connectivity index (χ2v) is 7.06. The molecule has 0 saturated heterocycles. The quantitative estimate of drug-likeness (QED) is 0.553. The lowest BCUT2D eigenvalue weighted by molar-refractivity contribution is -0.139. The standard InChI is InChI=1S/C21H28N4O2/c1-4-5-6-7-8-13-27-20(26)18-16(3)24-21-22-14-23-25(21)19(18)17-11-9-15(2)10-12-17/h9-12,14,19H,4-8,13H2,1-3H3,(H,22,23,24). The molecule has 1 aliphatic rings. The number of carbonyl (C=O) groups is 1. The highest BCUT2D eigenvalue weighted by Crippen LogP contribution is 2.35. The fourth-order valence-electron chi connectivity index (χ4n) is 3.36. The Morgan fingerprint density at radius 2 is 1.89 bits per heavy atom. The summed E-state index contributed by atoms with van der Waals surface area (Å²) >= 11 is 0. The number of hydrogen-bond acceptors (Lipinski definition) is 5. The zero-order valence-corrected chi connectivity index (χ0v) is 16.4. The summed E-state index contributed by atoms with van der Waals surface area (Å²) in [5.74, 6) is 0.344. The minimum atomic E-state index is -0.336. The van der Waals surface area contributed by atoms with Crippen LogP contribution in [0, 0.1) is 6.92 Å². The number of nitrogens with zero attached hydrogens (tertiary/aromatic N) is 3. The van der Waals surface area contributed by atoms with Crippen LogP contribution in [0.3, 0.4) is 0 Å². The van der Waals surface area contributed by atoms with Gasteiger partial charge in [-0.05, 0) is 25.8 Å². The zero-order chi connectivity index (χ0) is 19.2. The van der Waals surface area contributed by atoms with Crippen molar-refractivity contribution in [1.29, 1.82) is 0 Å². The smallest absolute Gasteiger partial charge is 0.338 e. The Kier molecular flexibility index (Phi) is 6.27. The van der Waals surface area contributed by atoms with Gasteiger partial charge in [0.1, 0.15) is 12.4 Å². The van der Waals surface area contributed by atoms with Crippen molar-refractivity contribution in [3.05, 3.63) is 53.0 Å². The fourth-order valence-corrected chi connectivity index (χ4v) is 3.36. The second kappa shape index (κ2) is 8.84. The molecular formula is C21H28N4O2. The van der Waals surface area contributed by atoms with Crippen LogP contribution in [0.15, 0.2) is 41.9 Å². The highest BCUT2D eigenvalue weighted by atomic mass is 16.5. The van der Waals surface area contributed by atoms with Gasteiger partial charge in [0.2, 0.25) is 5.95 Å². The van der Waals surface area contributed by atoms with Crippen molar-refractivity contribution < 1.29 is 9.53 Å². The number of allylic oxidation sites excluding steroid dienone is 1. The molecule has 0 spiro atoms. The summed E-state index contributed by atoms with van der Waals surface area (Å²) in [6.45, 7) is 6.57. The van der Waals surface area contributed by atoms with E-state index in [-0.39, 0.29) is 12.0 Å². The number of anilines is 1. The van der Waals surface area contributed by atoms with Crippen molar-refractivity contribution in [2.45, 2.75) is 58.9 Å². The minimum absolute atomic E-state index is 0.290. The Balaban J connectivity index is 1.78. The lowest BCUT2D eigenvalue weighted by atomic mass is 9.95. The molecule has 144 valence electrons. The molecule has 2 heterocycles. The molecule has 0 aliphatic carbocycles. The third-order valence-corrected chi connectivity index (χ3v) is 4.89. The van der Waals surface area contributed by atoms with Gasteiger partial charge in [0.25, 0.3) is 0 Å². The second-order valence-electron chi connectivity index (χ2n) is 7.06. The lowest BCUT2D eigenvalue weighted by Crippen LogP contribution is -2.29. The summed E-state index contributed by atoms with van der Waals surface area (Å²) < 4.78 is 7.35. The predicted octanol–water partition coefficient (Wildman–Crippen LogP) is 4.39. The summed E-state index contributed by atoms with van der Waals surface area (Å²) in [5, 5.41) is 7.50.